The fraction of sp³-hybridized carbons (Fsp3) is 0.182. The van der Waals surface area contributed by atoms with E-state index >= 15 is 0 Å². The first-order valence-electron chi connectivity index (χ1n) is 5.45. The summed E-state index contributed by atoms with van der Waals surface area (Å²) in [6.45, 7) is 0. The molecule has 0 atom stereocenters. The van der Waals surface area contributed by atoms with Gasteiger partial charge in [0, 0.05) is 12.5 Å². The lowest BCUT2D eigenvalue weighted by atomic mass is 10.2. The first kappa shape index (κ1) is 12.7. The Kier molecular flexibility index (Phi) is 3.51. The van der Waals surface area contributed by atoms with Gasteiger partial charge >= 0.3 is 5.97 Å². The second kappa shape index (κ2) is 5.25. The summed E-state index contributed by atoms with van der Waals surface area (Å²) in [6.07, 6.45) is 1.66. The maximum absolute atomic E-state index is 10.9. The first-order valence-corrected chi connectivity index (χ1v) is 5.45. The minimum atomic E-state index is -0.930. The summed E-state index contributed by atoms with van der Waals surface area (Å²) >= 11 is 0. The average Bonchev–Trinajstić information content (AvgIpc) is 2.85. The molecule has 1 N–H and O–H groups in total. The fourth-order valence-electron chi connectivity index (χ4n) is 1.58. The van der Waals surface area contributed by atoms with E-state index in [-0.39, 0.29) is 18.5 Å². The molecule has 98 valence electrons. The third-order valence-electron chi connectivity index (χ3n) is 2.46. The van der Waals surface area contributed by atoms with Gasteiger partial charge in [-0.3, -0.25) is 14.9 Å². The Balaban J connectivity index is 2.28. The zero-order valence-corrected chi connectivity index (χ0v) is 9.76. The standard InChI is InChI=1S/C11H10N4O4/c16-11(17)6-5-8-7-14(13-12-8)9-3-1-2-4-10(9)15(18)19/h1-4,7H,5-6H2,(H,16,17). The van der Waals surface area contributed by atoms with Crippen LogP contribution in [0.1, 0.15) is 12.1 Å². The Hall–Kier alpha value is -2.77. The highest BCUT2D eigenvalue weighted by Crippen LogP contribution is 2.21. The van der Waals surface area contributed by atoms with Gasteiger partial charge in [0.15, 0.2) is 0 Å². The van der Waals surface area contributed by atoms with Crippen LogP contribution in [0.25, 0.3) is 5.69 Å². The number of hydrogen-bond donors (Lipinski definition) is 1. The smallest absolute Gasteiger partial charge is 0.303 e. The van der Waals surface area contributed by atoms with E-state index in [1.165, 1.54) is 16.9 Å². The zero-order valence-electron chi connectivity index (χ0n) is 9.76. The van der Waals surface area contributed by atoms with Crippen molar-refractivity contribution in [1.82, 2.24) is 15.0 Å². The van der Waals surface area contributed by atoms with Crippen molar-refractivity contribution < 1.29 is 14.8 Å². The van der Waals surface area contributed by atoms with Crippen LogP contribution in [0.5, 0.6) is 0 Å². The molecule has 0 aliphatic rings. The molecule has 0 radical (unpaired) electrons. The van der Waals surface area contributed by atoms with E-state index in [1.807, 2.05) is 0 Å². The minimum Gasteiger partial charge on any atom is -0.481 e. The van der Waals surface area contributed by atoms with E-state index in [0.29, 0.717) is 11.4 Å². The summed E-state index contributed by atoms with van der Waals surface area (Å²) in [6, 6.07) is 6.13. The number of benzene rings is 1. The molecular formula is C11H10N4O4. The topological polar surface area (TPSA) is 111 Å². The normalized spacial score (nSPS) is 10.3. The van der Waals surface area contributed by atoms with E-state index in [2.05, 4.69) is 10.3 Å². The van der Waals surface area contributed by atoms with Crippen LogP contribution in [0, 0.1) is 10.1 Å². The van der Waals surface area contributed by atoms with Gasteiger partial charge in [-0.05, 0) is 6.07 Å². The third-order valence-corrected chi connectivity index (χ3v) is 2.46. The van der Waals surface area contributed by atoms with Gasteiger partial charge in [-0.2, -0.15) is 0 Å². The molecule has 0 fully saturated rings. The Morgan fingerprint density at radius 2 is 2.16 bits per heavy atom. The molecule has 0 aliphatic heterocycles. The number of nitro benzene ring substituents is 1. The average molecular weight is 262 g/mol. The number of para-hydroxylation sites is 2. The van der Waals surface area contributed by atoms with Crippen molar-refractivity contribution in [3.63, 3.8) is 0 Å². The molecule has 8 nitrogen and oxygen atoms in total. The zero-order chi connectivity index (χ0) is 13.8. The number of carbonyl (C=O) groups is 1. The first-order chi connectivity index (χ1) is 9.08. The van der Waals surface area contributed by atoms with Crippen molar-refractivity contribution in [2.24, 2.45) is 0 Å². The van der Waals surface area contributed by atoms with Crippen molar-refractivity contribution in [3.05, 3.63) is 46.3 Å². The predicted molar refractivity (Wildman–Crippen MR) is 64.0 cm³/mol. The predicted octanol–water partition coefficient (Wildman–Crippen LogP) is 1.19. The van der Waals surface area contributed by atoms with Crippen LogP contribution in [-0.4, -0.2) is 31.0 Å². The number of aliphatic carboxylic acids is 1. The highest BCUT2D eigenvalue weighted by atomic mass is 16.6. The maximum atomic E-state index is 10.9. The van der Waals surface area contributed by atoms with Gasteiger partial charge in [-0.1, -0.05) is 17.3 Å². The van der Waals surface area contributed by atoms with E-state index in [0.717, 1.165) is 0 Å². The molecule has 2 aromatic rings. The van der Waals surface area contributed by atoms with Crippen molar-refractivity contribution in [1.29, 1.82) is 0 Å². The quantitative estimate of drug-likeness (QED) is 0.640. The molecular weight excluding hydrogens is 252 g/mol. The molecule has 0 spiro atoms. The van der Waals surface area contributed by atoms with E-state index in [4.69, 9.17) is 5.11 Å². The molecule has 0 unspecified atom stereocenters. The van der Waals surface area contributed by atoms with Crippen molar-refractivity contribution in [3.8, 4) is 5.69 Å². The van der Waals surface area contributed by atoms with Crippen molar-refractivity contribution >= 4 is 11.7 Å². The number of nitrogens with zero attached hydrogens (tertiary/aromatic N) is 4. The molecule has 1 aromatic heterocycles. The number of aromatic nitrogens is 3. The maximum Gasteiger partial charge on any atom is 0.303 e. The Morgan fingerprint density at radius 1 is 1.42 bits per heavy atom. The molecule has 1 heterocycles. The molecule has 0 amide bonds. The summed E-state index contributed by atoms with van der Waals surface area (Å²) < 4.78 is 1.27. The van der Waals surface area contributed by atoms with Gasteiger partial charge in [-0.15, -0.1) is 5.10 Å². The van der Waals surface area contributed by atoms with Crippen molar-refractivity contribution in [2.45, 2.75) is 12.8 Å². The number of rotatable bonds is 5. The number of carboxylic acid groups (broad SMARTS) is 1. The molecule has 0 saturated heterocycles. The van der Waals surface area contributed by atoms with Gasteiger partial charge < -0.3 is 5.11 Å². The van der Waals surface area contributed by atoms with E-state index < -0.39 is 10.9 Å². The Bertz CT molecular complexity index is 623. The SMILES string of the molecule is O=C(O)CCc1cn(-c2ccccc2[N+](=O)[O-])nn1. The molecule has 2 rings (SSSR count). The van der Waals surface area contributed by atoms with Crippen LogP contribution < -0.4 is 0 Å². The summed E-state index contributed by atoms with van der Waals surface area (Å²) in [5.74, 6) is -0.930. The second-order valence-corrected chi connectivity index (χ2v) is 3.79. The van der Waals surface area contributed by atoms with Gasteiger partial charge in [-0.25, -0.2) is 4.68 Å². The van der Waals surface area contributed by atoms with Crippen LogP contribution in [-0.2, 0) is 11.2 Å². The van der Waals surface area contributed by atoms with Crippen LogP contribution in [0.2, 0.25) is 0 Å². The number of aryl methyl sites for hydroxylation is 1. The molecule has 8 heteroatoms. The molecule has 0 saturated carbocycles. The lowest BCUT2D eigenvalue weighted by Gasteiger charge is -2.00. The number of carboxylic acids is 1. The second-order valence-electron chi connectivity index (χ2n) is 3.79. The van der Waals surface area contributed by atoms with Crippen LogP contribution in [0.3, 0.4) is 0 Å². The molecule has 0 aliphatic carbocycles. The highest BCUT2D eigenvalue weighted by molar-refractivity contribution is 5.66. The van der Waals surface area contributed by atoms with Gasteiger partial charge in [0.25, 0.3) is 5.69 Å². The summed E-state index contributed by atoms with van der Waals surface area (Å²) in [5.41, 5.74) is 0.680. The third kappa shape index (κ3) is 2.92. The number of hydrogen-bond acceptors (Lipinski definition) is 5. The summed E-state index contributed by atoms with van der Waals surface area (Å²) in [7, 11) is 0. The monoisotopic (exact) mass is 262 g/mol. The van der Waals surface area contributed by atoms with Crippen molar-refractivity contribution in [2.75, 3.05) is 0 Å². The van der Waals surface area contributed by atoms with E-state index in [9.17, 15) is 14.9 Å². The van der Waals surface area contributed by atoms with Gasteiger partial charge in [0.05, 0.1) is 23.2 Å². The minimum absolute atomic E-state index is 0.0599. The lowest BCUT2D eigenvalue weighted by molar-refractivity contribution is -0.384. The Morgan fingerprint density at radius 3 is 2.84 bits per heavy atom. The van der Waals surface area contributed by atoms with Gasteiger partial charge in [0.2, 0.25) is 0 Å². The van der Waals surface area contributed by atoms with E-state index in [1.54, 1.807) is 18.2 Å². The molecule has 0 bridgehead atoms. The largest absolute Gasteiger partial charge is 0.481 e. The fourth-order valence-corrected chi connectivity index (χ4v) is 1.58. The summed E-state index contributed by atoms with van der Waals surface area (Å²) in [4.78, 5) is 20.8. The highest BCUT2D eigenvalue weighted by Gasteiger charge is 2.15. The van der Waals surface area contributed by atoms with Crippen LogP contribution in [0.15, 0.2) is 30.5 Å². The lowest BCUT2D eigenvalue weighted by Crippen LogP contribution is -2.00. The number of nitro groups is 1. The molecule has 1 aromatic carbocycles. The summed E-state index contributed by atoms with van der Waals surface area (Å²) in [5, 5.41) is 27.0. The molecule has 19 heavy (non-hydrogen) atoms. The Labute approximate surface area is 107 Å². The van der Waals surface area contributed by atoms with Crippen LogP contribution >= 0.6 is 0 Å². The van der Waals surface area contributed by atoms with Crippen LogP contribution in [0.4, 0.5) is 5.69 Å². The van der Waals surface area contributed by atoms with Gasteiger partial charge in [0.1, 0.15) is 5.69 Å².